The molecule has 0 bridgehead atoms. The molecule has 0 amide bonds. The first-order valence-electron chi connectivity index (χ1n) is 7.51. The first-order valence-corrected chi connectivity index (χ1v) is 8.70. The second kappa shape index (κ2) is 6.29. The highest BCUT2D eigenvalue weighted by atomic mass is 35.5. The molecule has 0 aliphatic carbocycles. The van der Waals surface area contributed by atoms with Crippen LogP contribution in [0.15, 0.2) is 30.3 Å². The van der Waals surface area contributed by atoms with E-state index in [9.17, 15) is 0 Å². The van der Waals surface area contributed by atoms with Gasteiger partial charge in [-0.05, 0) is 62.6 Å². The molecule has 1 atom stereocenters. The zero-order chi connectivity index (χ0) is 14.8. The molecule has 1 fully saturated rings. The number of rotatable bonds is 4. The molecule has 1 unspecified atom stereocenters. The quantitative estimate of drug-likeness (QED) is 0.802. The molecule has 0 spiro atoms. The maximum atomic E-state index is 6.02. The van der Waals surface area contributed by atoms with Crippen molar-refractivity contribution < 1.29 is 0 Å². The van der Waals surface area contributed by atoms with Crippen molar-refractivity contribution in [3.63, 3.8) is 0 Å². The maximum Gasteiger partial charge on any atom is 0.0932 e. The molecular formula is C17H21ClN2S. The average Bonchev–Trinajstić information content (AvgIpc) is 3.12. The van der Waals surface area contributed by atoms with Crippen molar-refractivity contribution in [1.29, 1.82) is 0 Å². The van der Waals surface area contributed by atoms with Crippen LogP contribution < -0.4 is 10.2 Å². The van der Waals surface area contributed by atoms with Crippen LogP contribution in [0, 0.1) is 6.92 Å². The molecule has 1 aromatic heterocycles. The highest BCUT2D eigenvalue weighted by Crippen LogP contribution is 2.31. The van der Waals surface area contributed by atoms with E-state index in [-0.39, 0.29) is 6.04 Å². The minimum Gasteiger partial charge on any atom is -0.377 e. The monoisotopic (exact) mass is 320 g/mol. The molecule has 4 heteroatoms. The number of thiophene rings is 1. The summed E-state index contributed by atoms with van der Waals surface area (Å²) < 4.78 is 0.847. The van der Waals surface area contributed by atoms with Gasteiger partial charge in [0.15, 0.2) is 0 Å². The number of benzene rings is 1. The van der Waals surface area contributed by atoms with E-state index in [1.165, 1.54) is 47.7 Å². The van der Waals surface area contributed by atoms with Crippen LogP contribution in [0.5, 0.6) is 0 Å². The molecular weight excluding hydrogens is 300 g/mol. The lowest BCUT2D eigenvalue weighted by molar-refractivity contribution is 0.904. The van der Waals surface area contributed by atoms with Crippen LogP contribution in [0.4, 0.5) is 11.4 Å². The second-order valence-electron chi connectivity index (χ2n) is 5.70. The van der Waals surface area contributed by atoms with Gasteiger partial charge in [-0.15, -0.1) is 11.3 Å². The summed E-state index contributed by atoms with van der Waals surface area (Å²) in [5.74, 6) is 0. The SMILES string of the molecule is Cc1cc(N2CCCC2)ccc1NC(C)c1ccc(Cl)s1. The third-order valence-electron chi connectivity index (χ3n) is 4.07. The standard InChI is InChI=1S/C17H21ClN2S/c1-12-11-14(20-9-3-4-10-20)5-6-15(12)19-13(2)16-7-8-17(18)21-16/h5-8,11,13,19H,3-4,9-10H2,1-2H3. The molecule has 2 aromatic rings. The Labute approximate surface area is 135 Å². The van der Waals surface area contributed by atoms with Gasteiger partial charge >= 0.3 is 0 Å². The molecule has 1 saturated heterocycles. The van der Waals surface area contributed by atoms with E-state index in [1.807, 2.05) is 6.07 Å². The minimum atomic E-state index is 0.277. The molecule has 1 aliphatic rings. The molecule has 2 heterocycles. The highest BCUT2D eigenvalue weighted by molar-refractivity contribution is 7.16. The Hall–Kier alpha value is -1.19. The van der Waals surface area contributed by atoms with Crippen LogP contribution in [-0.2, 0) is 0 Å². The van der Waals surface area contributed by atoms with Gasteiger partial charge in [0.05, 0.1) is 10.4 Å². The number of aryl methyl sites for hydroxylation is 1. The van der Waals surface area contributed by atoms with E-state index in [2.05, 4.69) is 48.3 Å². The van der Waals surface area contributed by atoms with Crippen LogP contribution >= 0.6 is 22.9 Å². The number of nitrogens with one attached hydrogen (secondary N) is 1. The Morgan fingerprint density at radius 1 is 1.19 bits per heavy atom. The lowest BCUT2D eigenvalue weighted by atomic mass is 10.1. The lowest BCUT2D eigenvalue weighted by Gasteiger charge is -2.21. The Morgan fingerprint density at radius 3 is 2.57 bits per heavy atom. The predicted octanol–water partition coefficient (Wildman–Crippen LogP) is 5.48. The van der Waals surface area contributed by atoms with E-state index in [4.69, 9.17) is 11.6 Å². The summed E-state index contributed by atoms with van der Waals surface area (Å²) in [7, 11) is 0. The van der Waals surface area contributed by atoms with Gasteiger partial charge in [-0.3, -0.25) is 0 Å². The number of anilines is 2. The Morgan fingerprint density at radius 2 is 1.95 bits per heavy atom. The molecule has 1 aromatic carbocycles. The van der Waals surface area contributed by atoms with Gasteiger partial charge in [-0.1, -0.05) is 11.6 Å². The van der Waals surface area contributed by atoms with E-state index in [0.29, 0.717) is 0 Å². The van der Waals surface area contributed by atoms with Crippen LogP contribution in [0.1, 0.15) is 36.2 Å². The minimum absolute atomic E-state index is 0.277. The molecule has 1 N–H and O–H groups in total. The summed E-state index contributed by atoms with van der Waals surface area (Å²) in [5, 5.41) is 3.59. The van der Waals surface area contributed by atoms with E-state index < -0.39 is 0 Å². The molecule has 3 rings (SSSR count). The van der Waals surface area contributed by atoms with Crippen LogP contribution in [0.2, 0.25) is 4.34 Å². The van der Waals surface area contributed by atoms with Crippen molar-refractivity contribution in [3.05, 3.63) is 45.1 Å². The number of nitrogens with zero attached hydrogens (tertiary/aromatic N) is 1. The lowest BCUT2D eigenvalue weighted by Crippen LogP contribution is -2.17. The molecule has 21 heavy (non-hydrogen) atoms. The van der Waals surface area contributed by atoms with E-state index >= 15 is 0 Å². The van der Waals surface area contributed by atoms with Crippen molar-refractivity contribution in [2.75, 3.05) is 23.3 Å². The average molecular weight is 321 g/mol. The summed E-state index contributed by atoms with van der Waals surface area (Å²) in [6.07, 6.45) is 2.63. The Kier molecular flexibility index (Phi) is 4.41. The Bertz CT molecular complexity index is 617. The topological polar surface area (TPSA) is 15.3 Å². The van der Waals surface area contributed by atoms with Crippen molar-refractivity contribution in [1.82, 2.24) is 0 Å². The molecule has 1 aliphatic heterocycles. The first kappa shape index (κ1) is 14.7. The van der Waals surface area contributed by atoms with Gasteiger partial charge in [-0.2, -0.15) is 0 Å². The van der Waals surface area contributed by atoms with E-state index in [0.717, 1.165) is 4.34 Å². The zero-order valence-electron chi connectivity index (χ0n) is 12.5. The van der Waals surface area contributed by atoms with Crippen LogP contribution in [0.3, 0.4) is 0 Å². The third-order valence-corrected chi connectivity index (χ3v) is 5.49. The largest absolute Gasteiger partial charge is 0.377 e. The predicted molar refractivity (Wildman–Crippen MR) is 94.0 cm³/mol. The van der Waals surface area contributed by atoms with Crippen molar-refractivity contribution in [3.8, 4) is 0 Å². The molecule has 0 radical (unpaired) electrons. The smallest absolute Gasteiger partial charge is 0.0932 e. The Balaban J connectivity index is 1.73. The summed E-state index contributed by atoms with van der Waals surface area (Å²) in [6.45, 7) is 6.73. The summed E-state index contributed by atoms with van der Waals surface area (Å²) in [5.41, 5.74) is 3.85. The fourth-order valence-electron chi connectivity index (χ4n) is 2.85. The first-order chi connectivity index (χ1) is 10.1. The van der Waals surface area contributed by atoms with Gasteiger partial charge in [-0.25, -0.2) is 0 Å². The number of hydrogen-bond acceptors (Lipinski definition) is 3. The van der Waals surface area contributed by atoms with Gasteiger partial charge in [0.25, 0.3) is 0 Å². The molecule has 2 nitrogen and oxygen atoms in total. The van der Waals surface area contributed by atoms with Gasteiger partial charge in [0.1, 0.15) is 0 Å². The van der Waals surface area contributed by atoms with Crippen molar-refractivity contribution in [2.45, 2.75) is 32.7 Å². The number of halogens is 1. The van der Waals surface area contributed by atoms with Gasteiger partial charge in [0.2, 0.25) is 0 Å². The molecule has 0 saturated carbocycles. The van der Waals surface area contributed by atoms with Crippen LogP contribution in [0.25, 0.3) is 0 Å². The van der Waals surface area contributed by atoms with Crippen molar-refractivity contribution >= 4 is 34.3 Å². The van der Waals surface area contributed by atoms with Gasteiger partial charge in [0, 0.05) is 29.3 Å². The maximum absolute atomic E-state index is 6.02. The third kappa shape index (κ3) is 3.35. The van der Waals surface area contributed by atoms with Crippen LogP contribution in [-0.4, -0.2) is 13.1 Å². The summed E-state index contributed by atoms with van der Waals surface area (Å²) in [4.78, 5) is 3.74. The van der Waals surface area contributed by atoms with Gasteiger partial charge < -0.3 is 10.2 Å². The second-order valence-corrected chi connectivity index (χ2v) is 7.45. The fourth-order valence-corrected chi connectivity index (χ4v) is 3.91. The summed E-state index contributed by atoms with van der Waals surface area (Å²) in [6, 6.07) is 11.1. The van der Waals surface area contributed by atoms with Crippen molar-refractivity contribution in [2.24, 2.45) is 0 Å². The zero-order valence-corrected chi connectivity index (χ0v) is 14.1. The normalized spacial score (nSPS) is 16.2. The fraction of sp³-hybridized carbons (Fsp3) is 0.412. The number of hydrogen-bond donors (Lipinski definition) is 1. The molecule has 112 valence electrons. The van der Waals surface area contributed by atoms with E-state index in [1.54, 1.807) is 11.3 Å². The summed E-state index contributed by atoms with van der Waals surface area (Å²) >= 11 is 7.66. The highest BCUT2D eigenvalue weighted by Gasteiger charge is 2.14.